The minimum absolute atomic E-state index is 0.00585. The lowest BCUT2D eigenvalue weighted by atomic mass is 9.90. The van der Waals surface area contributed by atoms with Gasteiger partial charge in [0.1, 0.15) is 5.82 Å². The molecule has 1 atom stereocenters. The molecule has 2 aromatic carbocycles. The largest absolute Gasteiger partial charge is 0.340 e. The maximum atomic E-state index is 13.3. The molecule has 130 valence electrons. The topological polar surface area (TPSA) is 45.2 Å². The van der Waals surface area contributed by atoms with Gasteiger partial charge in [0.05, 0.1) is 0 Å². The average Bonchev–Trinajstić information content (AvgIpc) is 2.93. The van der Waals surface area contributed by atoms with Crippen LogP contribution in [-0.4, -0.2) is 21.8 Å². The molecule has 4 nitrogen and oxygen atoms in total. The number of benzene rings is 2. The highest BCUT2D eigenvalue weighted by Crippen LogP contribution is 2.45. The molecule has 1 aromatic heterocycles. The van der Waals surface area contributed by atoms with Crippen molar-refractivity contribution in [3.63, 3.8) is 0 Å². The number of carbonyl (C=O) groups excluding carboxylic acids is 1. The number of nitrogens with one attached hydrogen (secondary N) is 1. The van der Waals surface area contributed by atoms with Crippen LogP contribution in [0.2, 0.25) is 0 Å². The predicted molar refractivity (Wildman–Crippen MR) is 103 cm³/mol. The van der Waals surface area contributed by atoms with E-state index in [9.17, 15) is 4.79 Å². The van der Waals surface area contributed by atoms with Crippen LogP contribution in [0, 0.1) is 0 Å². The van der Waals surface area contributed by atoms with Crippen molar-refractivity contribution in [2.45, 2.75) is 25.6 Å². The minimum atomic E-state index is -0.794. The summed E-state index contributed by atoms with van der Waals surface area (Å²) in [7, 11) is 0. The van der Waals surface area contributed by atoms with Gasteiger partial charge in [0.2, 0.25) is 0 Å². The SMILES string of the molecule is CC(C)N1C(=O)c2ccccc2C1(Nc1ccccn1)c1ccccc1. The second-order valence-corrected chi connectivity index (χ2v) is 6.73. The van der Waals surface area contributed by atoms with Crippen molar-refractivity contribution in [3.05, 3.63) is 95.7 Å². The molecule has 0 bridgehead atoms. The highest BCUT2D eigenvalue weighted by molar-refractivity contribution is 6.01. The van der Waals surface area contributed by atoms with Crippen LogP contribution in [0.1, 0.15) is 35.3 Å². The zero-order valence-electron chi connectivity index (χ0n) is 14.9. The van der Waals surface area contributed by atoms with Gasteiger partial charge in [-0.3, -0.25) is 4.79 Å². The molecule has 1 aliphatic heterocycles. The zero-order chi connectivity index (χ0) is 18.1. The van der Waals surface area contributed by atoms with Crippen LogP contribution in [0.5, 0.6) is 0 Å². The van der Waals surface area contributed by atoms with Crippen LogP contribution >= 0.6 is 0 Å². The Kier molecular flexibility index (Phi) is 3.96. The van der Waals surface area contributed by atoms with Gasteiger partial charge in [-0.25, -0.2) is 4.98 Å². The number of amides is 1. The summed E-state index contributed by atoms with van der Waals surface area (Å²) >= 11 is 0. The normalized spacial score (nSPS) is 18.9. The molecule has 0 spiro atoms. The number of pyridine rings is 1. The molecule has 26 heavy (non-hydrogen) atoms. The maximum Gasteiger partial charge on any atom is 0.256 e. The number of hydrogen-bond acceptors (Lipinski definition) is 3. The summed E-state index contributed by atoms with van der Waals surface area (Å²) in [5.74, 6) is 0.759. The molecule has 4 rings (SSSR count). The Morgan fingerprint density at radius 2 is 1.62 bits per heavy atom. The molecule has 1 aliphatic rings. The first-order chi connectivity index (χ1) is 12.6. The summed E-state index contributed by atoms with van der Waals surface area (Å²) < 4.78 is 0. The third-order valence-corrected chi connectivity index (χ3v) is 4.81. The lowest BCUT2D eigenvalue weighted by molar-refractivity contribution is 0.0581. The first-order valence-electron chi connectivity index (χ1n) is 8.82. The van der Waals surface area contributed by atoms with Gasteiger partial charge in [-0.1, -0.05) is 54.6 Å². The van der Waals surface area contributed by atoms with E-state index in [1.807, 2.05) is 79.4 Å². The van der Waals surface area contributed by atoms with Crippen LogP contribution in [-0.2, 0) is 5.66 Å². The van der Waals surface area contributed by atoms with Gasteiger partial charge in [0, 0.05) is 28.9 Å². The summed E-state index contributed by atoms with van der Waals surface area (Å²) in [5.41, 5.74) is 1.90. The number of fused-ring (bicyclic) bond motifs is 1. The van der Waals surface area contributed by atoms with Gasteiger partial charge in [-0.2, -0.15) is 0 Å². The fraction of sp³-hybridized carbons (Fsp3) is 0.182. The number of nitrogens with zero attached hydrogens (tertiary/aromatic N) is 2. The molecule has 0 saturated heterocycles. The molecule has 0 aliphatic carbocycles. The van der Waals surface area contributed by atoms with Gasteiger partial charge in [-0.15, -0.1) is 0 Å². The quantitative estimate of drug-likeness (QED) is 0.770. The number of hydrogen-bond donors (Lipinski definition) is 1. The fourth-order valence-corrected chi connectivity index (χ4v) is 3.81. The highest BCUT2D eigenvalue weighted by Gasteiger charge is 2.52. The summed E-state index contributed by atoms with van der Waals surface area (Å²) in [5, 5.41) is 3.58. The van der Waals surface area contributed by atoms with Crippen molar-refractivity contribution in [2.75, 3.05) is 5.32 Å². The molecule has 0 fully saturated rings. The molecule has 2 heterocycles. The average molecular weight is 343 g/mol. The number of carbonyl (C=O) groups is 1. The van der Waals surface area contributed by atoms with E-state index in [2.05, 4.69) is 22.4 Å². The first-order valence-corrected chi connectivity index (χ1v) is 8.82. The van der Waals surface area contributed by atoms with Crippen LogP contribution in [0.3, 0.4) is 0 Å². The molecule has 0 saturated carbocycles. The van der Waals surface area contributed by atoms with Crippen LogP contribution < -0.4 is 5.32 Å². The van der Waals surface area contributed by atoms with Crippen molar-refractivity contribution >= 4 is 11.7 Å². The molecule has 0 radical (unpaired) electrons. The molecule has 1 N–H and O–H groups in total. The van der Waals surface area contributed by atoms with E-state index in [1.54, 1.807) is 6.20 Å². The number of rotatable bonds is 4. The van der Waals surface area contributed by atoms with E-state index in [-0.39, 0.29) is 11.9 Å². The summed E-state index contributed by atoms with van der Waals surface area (Å²) in [6.45, 7) is 4.09. The van der Waals surface area contributed by atoms with Gasteiger partial charge in [-0.05, 0) is 32.0 Å². The minimum Gasteiger partial charge on any atom is -0.340 e. The summed E-state index contributed by atoms with van der Waals surface area (Å²) in [4.78, 5) is 19.7. The molecule has 3 aromatic rings. The second-order valence-electron chi connectivity index (χ2n) is 6.73. The van der Waals surface area contributed by atoms with Gasteiger partial charge >= 0.3 is 0 Å². The predicted octanol–water partition coefficient (Wildman–Crippen LogP) is 4.26. The summed E-state index contributed by atoms with van der Waals surface area (Å²) in [6.07, 6.45) is 1.75. The van der Waals surface area contributed by atoms with Crippen molar-refractivity contribution < 1.29 is 4.79 Å². The summed E-state index contributed by atoms with van der Waals surface area (Å²) in [6, 6.07) is 23.7. The Bertz CT molecular complexity index is 924. The van der Waals surface area contributed by atoms with Gasteiger partial charge in [0.25, 0.3) is 5.91 Å². The lowest BCUT2D eigenvalue weighted by Gasteiger charge is -2.43. The molecular weight excluding hydrogens is 322 g/mol. The Morgan fingerprint density at radius 1 is 0.923 bits per heavy atom. The van der Waals surface area contributed by atoms with Crippen molar-refractivity contribution in [1.82, 2.24) is 9.88 Å². The van der Waals surface area contributed by atoms with Crippen LogP contribution in [0.25, 0.3) is 0 Å². The van der Waals surface area contributed by atoms with E-state index in [0.717, 1.165) is 22.5 Å². The maximum absolute atomic E-state index is 13.3. The third kappa shape index (κ3) is 2.37. The molecule has 1 unspecified atom stereocenters. The fourth-order valence-electron chi connectivity index (χ4n) is 3.81. The lowest BCUT2D eigenvalue weighted by Crippen LogP contribution is -2.53. The van der Waals surface area contributed by atoms with Gasteiger partial charge < -0.3 is 10.2 Å². The Balaban J connectivity index is 2.01. The van der Waals surface area contributed by atoms with Crippen LogP contribution in [0.4, 0.5) is 5.82 Å². The molecular formula is C22H21N3O. The number of aromatic nitrogens is 1. The van der Waals surface area contributed by atoms with Crippen molar-refractivity contribution in [3.8, 4) is 0 Å². The van der Waals surface area contributed by atoms with E-state index in [0.29, 0.717) is 0 Å². The molecule has 4 heteroatoms. The standard InChI is InChI=1S/C22H21N3O/c1-16(2)25-21(26)18-12-6-7-13-19(18)22(25,17-10-4-3-5-11-17)24-20-14-8-9-15-23-20/h3-16H,1-2H3,(H,23,24). The third-order valence-electron chi connectivity index (χ3n) is 4.81. The van der Waals surface area contributed by atoms with Crippen molar-refractivity contribution in [2.24, 2.45) is 0 Å². The monoisotopic (exact) mass is 343 g/mol. The Labute approximate surface area is 153 Å². The van der Waals surface area contributed by atoms with Crippen molar-refractivity contribution in [1.29, 1.82) is 0 Å². The smallest absolute Gasteiger partial charge is 0.256 e. The highest BCUT2D eigenvalue weighted by atomic mass is 16.2. The van der Waals surface area contributed by atoms with Gasteiger partial charge in [0.15, 0.2) is 5.66 Å². The van der Waals surface area contributed by atoms with E-state index in [1.165, 1.54) is 0 Å². The van der Waals surface area contributed by atoms with E-state index in [4.69, 9.17) is 0 Å². The zero-order valence-corrected chi connectivity index (χ0v) is 14.9. The van der Waals surface area contributed by atoms with E-state index < -0.39 is 5.66 Å². The Hall–Kier alpha value is -3.14. The van der Waals surface area contributed by atoms with E-state index >= 15 is 0 Å². The Morgan fingerprint density at radius 3 is 2.31 bits per heavy atom. The van der Waals surface area contributed by atoms with Crippen LogP contribution in [0.15, 0.2) is 79.0 Å². The number of anilines is 1. The first kappa shape index (κ1) is 16.3. The molecule has 1 amide bonds. The second kappa shape index (κ2) is 6.30.